The van der Waals surface area contributed by atoms with Crippen LogP contribution in [0.1, 0.15) is 29.5 Å². The highest BCUT2D eigenvalue weighted by Gasteiger charge is 2.41. The number of ether oxygens (including phenoxy) is 1. The SMILES string of the molecule is CC1=C(C(=O)OCCO)C(c2ccc(C#N)cc2)C(C(=O)O)=C(N)N1c1cccc(C(F)(F)F)c1. The first-order chi connectivity index (χ1) is 16.5. The highest BCUT2D eigenvalue weighted by molar-refractivity contribution is 6.01. The van der Waals surface area contributed by atoms with Crippen LogP contribution in [0.15, 0.2) is 71.2 Å². The molecule has 3 rings (SSSR count). The minimum Gasteiger partial charge on any atom is -0.478 e. The minimum absolute atomic E-state index is 0.0455. The second kappa shape index (κ2) is 9.90. The Morgan fingerprint density at radius 2 is 1.83 bits per heavy atom. The van der Waals surface area contributed by atoms with Crippen molar-refractivity contribution in [2.75, 3.05) is 18.1 Å². The Labute approximate surface area is 197 Å². The van der Waals surface area contributed by atoms with Crippen molar-refractivity contribution in [2.24, 2.45) is 5.73 Å². The van der Waals surface area contributed by atoms with Gasteiger partial charge in [0, 0.05) is 11.4 Å². The number of carbonyl (C=O) groups is 2. The van der Waals surface area contributed by atoms with E-state index in [1.165, 1.54) is 37.3 Å². The first-order valence-electron chi connectivity index (χ1n) is 10.2. The molecule has 1 heterocycles. The largest absolute Gasteiger partial charge is 0.478 e. The van der Waals surface area contributed by atoms with Crippen LogP contribution in [0.2, 0.25) is 0 Å². The van der Waals surface area contributed by atoms with Crippen LogP contribution in [0.5, 0.6) is 0 Å². The molecule has 11 heteroatoms. The average molecular weight is 487 g/mol. The Balaban J connectivity index is 2.29. The molecule has 1 aliphatic rings. The van der Waals surface area contributed by atoms with E-state index in [4.69, 9.17) is 20.8 Å². The van der Waals surface area contributed by atoms with Crippen molar-refractivity contribution < 1.29 is 37.7 Å². The maximum Gasteiger partial charge on any atom is 0.416 e. The highest BCUT2D eigenvalue weighted by atomic mass is 19.4. The van der Waals surface area contributed by atoms with Gasteiger partial charge in [0.2, 0.25) is 0 Å². The lowest BCUT2D eigenvalue weighted by molar-refractivity contribution is -0.140. The van der Waals surface area contributed by atoms with E-state index in [2.05, 4.69) is 0 Å². The molecule has 4 N–H and O–H groups in total. The molecule has 8 nitrogen and oxygen atoms in total. The van der Waals surface area contributed by atoms with Crippen LogP contribution in [0.4, 0.5) is 18.9 Å². The number of rotatable bonds is 6. The first kappa shape index (κ1) is 25.3. The summed E-state index contributed by atoms with van der Waals surface area (Å²) in [7, 11) is 0. The number of anilines is 1. The van der Waals surface area contributed by atoms with Crippen molar-refractivity contribution >= 4 is 17.6 Å². The number of benzene rings is 2. The number of halogens is 3. The normalized spacial score (nSPS) is 16.2. The minimum atomic E-state index is -4.68. The van der Waals surface area contributed by atoms with Gasteiger partial charge in [-0.3, -0.25) is 0 Å². The van der Waals surface area contributed by atoms with Crippen LogP contribution in [0.25, 0.3) is 0 Å². The van der Waals surface area contributed by atoms with Crippen molar-refractivity contribution in [3.8, 4) is 6.07 Å². The highest BCUT2D eigenvalue weighted by Crippen LogP contribution is 2.44. The molecular formula is C24H20F3N3O5. The molecule has 0 saturated carbocycles. The van der Waals surface area contributed by atoms with Gasteiger partial charge in [-0.25, -0.2) is 9.59 Å². The smallest absolute Gasteiger partial charge is 0.416 e. The van der Waals surface area contributed by atoms with Crippen LogP contribution in [-0.4, -0.2) is 35.4 Å². The van der Waals surface area contributed by atoms with Gasteiger partial charge in [0.1, 0.15) is 12.4 Å². The number of carbonyl (C=O) groups excluding carboxylic acids is 1. The molecule has 0 bridgehead atoms. The summed E-state index contributed by atoms with van der Waals surface area (Å²) >= 11 is 0. The van der Waals surface area contributed by atoms with Crippen LogP contribution in [-0.2, 0) is 20.5 Å². The molecule has 35 heavy (non-hydrogen) atoms. The molecule has 1 unspecified atom stereocenters. The summed E-state index contributed by atoms with van der Waals surface area (Å²) < 4.78 is 45.1. The fraction of sp³-hybridized carbons (Fsp3) is 0.208. The second-order valence-corrected chi connectivity index (χ2v) is 7.51. The molecule has 0 radical (unpaired) electrons. The van der Waals surface area contributed by atoms with Gasteiger partial charge in [0.15, 0.2) is 0 Å². The topological polar surface area (TPSA) is 137 Å². The number of aliphatic carboxylic acids is 1. The van der Waals surface area contributed by atoms with E-state index in [9.17, 15) is 27.9 Å². The molecular weight excluding hydrogens is 467 g/mol. The molecule has 0 aromatic heterocycles. The van der Waals surface area contributed by atoms with Crippen molar-refractivity contribution in [2.45, 2.75) is 19.0 Å². The van der Waals surface area contributed by atoms with E-state index in [0.29, 0.717) is 5.56 Å². The molecule has 1 atom stereocenters. The zero-order chi connectivity index (χ0) is 25.9. The van der Waals surface area contributed by atoms with Gasteiger partial charge in [-0.1, -0.05) is 18.2 Å². The second-order valence-electron chi connectivity index (χ2n) is 7.51. The Hall–Kier alpha value is -4.30. The summed E-state index contributed by atoms with van der Waals surface area (Å²) in [6, 6.07) is 11.8. The van der Waals surface area contributed by atoms with E-state index in [0.717, 1.165) is 23.1 Å². The third-order valence-corrected chi connectivity index (χ3v) is 5.40. The number of nitriles is 1. The third-order valence-electron chi connectivity index (χ3n) is 5.40. The fourth-order valence-corrected chi connectivity index (χ4v) is 3.87. The van der Waals surface area contributed by atoms with Crippen LogP contribution < -0.4 is 10.6 Å². The van der Waals surface area contributed by atoms with Gasteiger partial charge in [-0.2, -0.15) is 18.4 Å². The predicted octanol–water partition coefficient (Wildman–Crippen LogP) is 3.25. The van der Waals surface area contributed by atoms with Gasteiger partial charge in [-0.15, -0.1) is 0 Å². The average Bonchev–Trinajstić information content (AvgIpc) is 2.81. The molecule has 0 amide bonds. The lowest BCUT2D eigenvalue weighted by Gasteiger charge is -2.37. The summed E-state index contributed by atoms with van der Waals surface area (Å²) in [5, 5.41) is 28.2. The lowest BCUT2D eigenvalue weighted by Crippen LogP contribution is -2.39. The Kier molecular flexibility index (Phi) is 7.17. The van der Waals surface area contributed by atoms with Gasteiger partial charge < -0.3 is 25.6 Å². The Bertz CT molecular complexity index is 1260. The third kappa shape index (κ3) is 4.97. The number of esters is 1. The maximum absolute atomic E-state index is 13.3. The standard InChI is InChI=1S/C24H20F3N3O5/c1-13-18(23(34)35-10-9-31)19(15-7-5-14(12-28)6-8-15)20(22(32)33)21(29)30(13)17-4-2-3-16(11-17)24(25,26)27/h2-8,11,19,31H,9-10,29H2,1H3,(H,32,33). The summed E-state index contributed by atoms with van der Waals surface area (Å²) in [5.74, 6) is -4.13. The van der Waals surface area contributed by atoms with Crippen molar-refractivity contribution in [1.29, 1.82) is 5.26 Å². The molecule has 0 aliphatic carbocycles. The van der Waals surface area contributed by atoms with Crippen molar-refractivity contribution in [3.05, 3.63) is 87.9 Å². The van der Waals surface area contributed by atoms with E-state index in [1.54, 1.807) is 0 Å². The van der Waals surface area contributed by atoms with Gasteiger partial charge in [0.05, 0.1) is 40.9 Å². The zero-order valence-electron chi connectivity index (χ0n) is 18.3. The summed E-state index contributed by atoms with van der Waals surface area (Å²) in [5.41, 5.74) is 5.09. The summed E-state index contributed by atoms with van der Waals surface area (Å²) in [6.07, 6.45) is -4.68. The number of nitrogens with two attached hydrogens (primary N) is 1. The number of alkyl halides is 3. The summed E-state index contributed by atoms with van der Waals surface area (Å²) in [6.45, 7) is 0.513. The van der Waals surface area contributed by atoms with Gasteiger partial charge >= 0.3 is 18.1 Å². The number of carboxylic acid groups (broad SMARTS) is 1. The molecule has 0 saturated heterocycles. The monoisotopic (exact) mass is 487 g/mol. The quantitative estimate of drug-likeness (QED) is 0.528. The first-order valence-corrected chi connectivity index (χ1v) is 10.2. The molecule has 1 aliphatic heterocycles. The van der Waals surface area contributed by atoms with Crippen molar-refractivity contribution in [1.82, 2.24) is 0 Å². The molecule has 0 spiro atoms. The van der Waals surface area contributed by atoms with E-state index >= 15 is 0 Å². The predicted molar refractivity (Wildman–Crippen MR) is 117 cm³/mol. The lowest BCUT2D eigenvalue weighted by atomic mass is 9.80. The van der Waals surface area contributed by atoms with E-state index in [1.807, 2.05) is 6.07 Å². The molecule has 0 fully saturated rings. The van der Waals surface area contributed by atoms with Crippen LogP contribution in [0.3, 0.4) is 0 Å². The molecule has 2 aromatic carbocycles. The Morgan fingerprint density at radius 3 is 2.37 bits per heavy atom. The Morgan fingerprint density at radius 1 is 1.17 bits per heavy atom. The number of aliphatic hydroxyl groups is 1. The van der Waals surface area contributed by atoms with Crippen LogP contribution >= 0.6 is 0 Å². The van der Waals surface area contributed by atoms with Gasteiger partial charge in [0.25, 0.3) is 0 Å². The van der Waals surface area contributed by atoms with Crippen LogP contribution in [0, 0.1) is 11.3 Å². The van der Waals surface area contributed by atoms with Gasteiger partial charge in [-0.05, 0) is 42.8 Å². The number of hydrogen-bond acceptors (Lipinski definition) is 7. The van der Waals surface area contributed by atoms with E-state index in [-0.39, 0.29) is 34.9 Å². The number of allylic oxidation sites excluding steroid dienone is 1. The molecule has 182 valence electrons. The number of aliphatic hydroxyl groups excluding tert-OH is 1. The number of nitrogens with zero attached hydrogens (tertiary/aromatic N) is 2. The maximum atomic E-state index is 13.3. The molecule has 2 aromatic rings. The number of carboxylic acids is 1. The zero-order valence-corrected chi connectivity index (χ0v) is 18.3. The number of hydrogen-bond donors (Lipinski definition) is 3. The fourth-order valence-electron chi connectivity index (χ4n) is 3.87. The van der Waals surface area contributed by atoms with E-state index < -0.39 is 41.8 Å². The summed E-state index contributed by atoms with van der Waals surface area (Å²) in [4.78, 5) is 26.4. The van der Waals surface area contributed by atoms with Crippen molar-refractivity contribution in [3.63, 3.8) is 0 Å².